The topological polar surface area (TPSA) is 62.4 Å². The Labute approximate surface area is 316 Å². The van der Waals surface area contributed by atoms with Gasteiger partial charge in [0.25, 0.3) is 0 Å². The van der Waals surface area contributed by atoms with Gasteiger partial charge >= 0.3 is 0 Å². The molecule has 0 fully saturated rings. The van der Waals surface area contributed by atoms with Crippen molar-refractivity contribution in [3.8, 4) is 40.3 Å². The number of hydrogen-bond donors (Lipinski definition) is 0. The van der Waals surface area contributed by atoms with Crippen LogP contribution in [0.3, 0.4) is 0 Å². The van der Waals surface area contributed by atoms with Gasteiger partial charge in [0.15, 0.2) is 0 Å². The number of benzene rings is 8. The van der Waals surface area contributed by atoms with Gasteiger partial charge in [-0.1, -0.05) is 97.1 Å². The zero-order chi connectivity index (χ0) is 36.6. The second-order valence-electron chi connectivity index (χ2n) is 14.0. The molecule has 5 nitrogen and oxygen atoms in total. The Morgan fingerprint density at radius 3 is 1.49 bits per heavy atom. The Morgan fingerprint density at radius 1 is 0.327 bits per heavy atom. The molecule has 5 heteroatoms. The Morgan fingerprint density at radius 2 is 0.855 bits per heavy atom. The first-order chi connectivity index (χ1) is 27.2. The smallest absolute Gasteiger partial charge is 0.101 e. The predicted molar refractivity (Wildman–Crippen MR) is 224 cm³/mol. The van der Waals surface area contributed by atoms with Crippen LogP contribution in [0.4, 0.5) is 0 Å². The molecule has 0 N–H and O–H groups in total. The van der Waals surface area contributed by atoms with Crippen LogP contribution in [0.5, 0.6) is 0 Å². The van der Waals surface area contributed by atoms with Gasteiger partial charge in [-0.3, -0.25) is 0 Å². The van der Waals surface area contributed by atoms with Gasteiger partial charge in [-0.05, 0) is 90.0 Å². The minimum atomic E-state index is 0.590. The van der Waals surface area contributed by atoms with Crippen LogP contribution in [0.1, 0.15) is 11.1 Å². The maximum Gasteiger partial charge on any atom is 0.101 e. The van der Waals surface area contributed by atoms with Gasteiger partial charge in [-0.15, -0.1) is 0 Å². The molecule has 0 unspecified atom stereocenters. The SMILES string of the molecule is N#Cc1ccc2c3ccccc3n(-c3cccc(-c4ccc(-n5c6ccccc6c6cc(-n7c8ccccc8c8ccccc87)ccc65)c(C#N)c4)c3)c2c1. The highest BCUT2D eigenvalue weighted by Gasteiger charge is 2.19. The van der Waals surface area contributed by atoms with Crippen molar-refractivity contribution in [1.82, 2.24) is 13.7 Å². The zero-order valence-electron chi connectivity index (χ0n) is 29.5. The number of hydrogen-bond acceptors (Lipinski definition) is 2. The Kier molecular flexibility index (Phi) is 6.61. The van der Waals surface area contributed by atoms with Crippen molar-refractivity contribution in [1.29, 1.82) is 10.5 Å². The van der Waals surface area contributed by atoms with E-state index >= 15 is 0 Å². The molecule has 0 aliphatic heterocycles. The first-order valence-corrected chi connectivity index (χ1v) is 18.3. The van der Waals surface area contributed by atoms with E-state index in [0.29, 0.717) is 11.1 Å². The standard InChI is InChI=1S/C50H29N5/c51-30-32-20-23-42-40-14-3-7-18-47(40)54(50(42)26-32)36-11-9-10-33(28-36)34-21-24-44(35(27-34)31-52)55-48-19-8-4-15-41(48)43-29-37(22-25-49(43)55)53-45-16-5-1-12-38(45)39-13-2-6-17-46(39)53/h1-29H. The van der Waals surface area contributed by atoms with Gasteiger partial charge in [-0.25, -0.2) is 0 Å². The summed E-state index contributed by atoms with van der Waals surface area (Å²) in [5.41, 5.74) is 12.6. The van der Waals surface area contributed by atoms with Gasteiger partial charge in [-0.2, -0.15) is 10.5 Å². The molecule has 0 aliphatic carbocycles. The summed E-state index contributed by atoms with van der Waals surface area (Å²) in [5, 5.41) is 27.4. The predicted octanol–water partition coefficient (Wildman–Crippen LogP) is 12.4. The van der Waals surface area contributed by atoms with Crippen molar-refractivity contribution >= 4 is 65.4 Å². The molecule has 11 aromatic rings. The largest absolute Gasteiger partial charge is 0.309 e. The number of para-hydroxylation sites is 4. The van der Waals surface area contributed by atoms with Crippen LogP contribution in [0.15, 0.2) is 176 Å². The average molecular weight is 700 g/mol. The molecular weight excluding hydrogens is 671 g/mol. The first kappa shape index (κ1) is 30.7. The van der Waals surface area contributed by atoms with Crippen molar-refractivity contribution < 1.29 is 0 Å². The molecule has 0 saturated heterocycles. The molecule has 0 bridgehead atoms. The lowest BCUT2D eigenvalue weighted by atomic mass is 10.0. The average Bonchev–Trinajstić information content (AvgIpc) is 3.88. The number of rotatable bonds is 4. The van der Waals surface area contributed by atoms with Crippen molar-refractivity contribution in [2.45, 2.75) is 0 Å². The second-order valence-corrected chi connectivity index (χ2v) is 14.0. The highest BCUT2D eigenvalue weighted by Crippen LogP contribution is 2.39. The van der Waals surface area contributed by atoms with E-state index in [4.69, 9.17) is 0 Å². The summed E-state index contributed by atoms with van der Waals surface area (Å²) in [6.45, 7) is 0. The highest BCUT2D eigenvalue weighted by molar-refractivity contribution is 6.13. The summed E-state index contributed by atoms with van der Waals surface area (Å²) in [4.78, 5) is 0. The molecule has 254 valence electrons. The maximum absolute atomic E-state index is 10.7. The summed E-state index contributed by atoms with van der Waals surface area (Å²) in [6.07, 6.45) is 0. The number of nitriles is 2. The lowest BCUT2D eigenvalue weighted by Gasteiger charge is -2.14. The normalized spacial score (nSPS) is 11.6. The molecule has 0 atom stereocenters. The monoisotopic (exact) mass is 699 g/mol. The van der Waals surface area contributed by atoms with E-state index in [1.165, 1.54) is 21.8 Å². The van der Waals surface area contributed by atoms with Gasteiger partial charge in [0.2, 0.25) is 0 Å². The first-order valence-electron chi connectivity index (χ1n) is 18.3. The van der Waals surface area contributed by atoms with Gasteiger partial charge in [0.1, 0.15) is 6.07 Å². The summed E-state index contributed by atoms with van der Waals surface area (Å²) < 4.78 is 6.80. The number of fused-ring (bicyclic) bond motifs is 9. The fraction of sp³-hybridized carbons (Fsp3) is 0. The molecule has 0 amide bonds. The molecule has 3 heterocycles. The quantitative estimate of drug-likeness (QED) is 0.184. The third-order valence-electron chi connectivity index (χ3n) is 11.1. The molecule has 0 spiro atoms. The van der Waals surface area contributed by atoms with Gasteiger partial charge in [0, 0.05) is 43.7 Å². The Hall–Kier alpha value is -7.86. The fourth-order valence-electron chi connectivity index (χ4n) is 8.70. The molecule has 55 heavy (non-hydrogen) atoms. The van der Waals surface area contributed by atoms with Crippen molar-refractivity contribution in [3.63, 3.8) is 0 Å². The number of aromatic nitrogens is 3. The molecule has 8 aromatic carbocycles. The minimum Gasteiger partial charge on any atom is -0.309 e. The molecule has 0 aliphatic rings. The van der Waals surface area contributed by atoms with Crippen molar-refractivity contribution in [3.05, 3.63) is 187 Å². The molecule has 0 radical (unpaired) electrons. The van der Waals surface area contributed by atoms with Crippen LogP contribution in [-0.2, 0) is 0 Å². The lowest BCUT2D eigenvalue weighted by molar-refractivity contribution is 1.16. The zero-order valence-corrected chi connectivity index (χ0v) is 29.5. The molecule has 0 saturated carbocycles. The van der Waals surface area contributed by atoms with E-state index in [-0.39, 0.29) is 0 Å². The summed E-state index contributed by atoms with van der Waals surface area (Å²) in [7, 11) is 0. The third kappa shape index (κ3) is 4.51. The molecule has 3 aromatic heterocycles. The fourth-order valence-corrected chi connectivity index (χ4v) is 8.70. The summed E-state index contributed by atoms with van der Waals surface area (Å²) in [5.74, 6) is 0. The van der Waals surface area contributed by atoms with Crippen LogP contribution in [0.2, 0.25) is 0 Å². The lowest BCUT2D eigenvalue weighted by Crippen LogP contribution is -1.99. The molecular formula is C50H29N5. The van der Waals surface area contributed by atoms with E-state index < -0.39 is 0 Å². The van der Waals surface area contributed by atoms with Gasteiger partial charge in [0.05, 0.1) is 56.0 Å². The van der Waals surface area contributed by atoms with Crippen LogP contribution >= 0.6 is 0 Å². The van der Waals surface area contributed by atoms with E-state index in [1.807, 2.05) is 36.4 Å². The van der Waals surface area contributed by atoms with E-state index in [0.717, 1.165) is 71.8 Å². The van der Waals surface area contributed by atoms with Gasteiger partial charge < -0.3 is 13.7 Å². The van der Waals surface area contributed by atoms with E-state index in [1.54, 1.807) is 0 Å². The third-order valence-corrected chi connectivity index (χ3v) is 11.1. The second kappa shape index (κ2) is 11.8. The van der Waals surface area contributed by atoms with E-state index in [2.05, 4.69) is 165 Å². The van der Waals surface area contributed by atoms with E-state index in [9.17, 15) is 10.5 Å². The summed E-state index contributed by atoms with van der Waals surface area (Å²) >= 11 is 0. The number of nitrogens with zero attached hydrogens (tertiary/aromatic N) is 5. The van der Waals surface area contributed by atoms with Crippen LogP contribution in [0, 0.1) is 22.7 Å². The highest BCUT2D eigenvalue weighted by atomic mass is 15.0. The van der Waals surface area contributed by atoms with Crippen LogP contribution in [-0.4, -0.2) is 13.7 Å². The molecule has 11 rings (SSSR count). The maximum atomic E-state index is 10.7. The Balaban J connectivity index is 1.06. The Bertz CT molecular complexity index is 3420. The minimum absolute atomic E-state index is 0.590. The van der Waals surface area contributed by atoms with Crippen LogP contribution < -0.4 is 0 Å². The van der Waals surface area contributed by atoms with Crippen LogP contribution in [0.25, 0.3) is 93.6 Å². The van der Waals surface area contributed by atoms with Crippen molar-refractivity contribution in [2.75, 3.05) is 0 Å². The summed E-state index contributed by atoms with van der Waals surface area (Å²) in [6, 6.07) is 65.9. The van der Waals surface area contributed by atoms with Crippen molar-refractivity contribution in [2.24, 2.45) is 0 Å².